The number of ether oxygens (including phenoxy) is 1. The Morgan fingerprint density at radius 3 is 2.57 bits per heavy atom. The second-order valence-corrected chi connectivity index (χ2v) is 6.98. The van der Waals surface area contributed by atoms with Crippen molar-refractivity contribution in [1.82, 2.24) is 10.2 Å². The number of rotatable bonds is 3. The van der Waals surface area contributed by atoms with Crippen LogP contribution < -0.4 is 4.90 Å². The molecule has 1 aromatic heterocycles. The van der Waals surface area contributed by atoms with Gasteiger partial charge in [-0.05, 0) is 32.9 Å². The van der Waals surface area contributed by atoms with E-state index in [9.17, 15) is 9.18 Å². The summed E-state index contributed by atoms with van der Waals surface area (Å²) in [6, 6.07) is 3.10. The molecule has 2 aromatic rings. The lowest BCUT2D eigenvalue weighted by Crippen LogP contribution is -2.46. The van der Waals surface area contributed by atoms with Crippen molar-refractivity contribution in [2.24, 2.45) is 0 Å². The summed E-state index contributed by atoms with van der Waals surface area (Å²) in [7, 11) is 0. The van der Waals surface area contributed by atoms with Crippen LogP contribution in [0.3, 0.4) is 0 Å². The third-order valence-corrected chi connectivity index (χ3v) is 4.62. The molecular weight excluding hydrogens is 317 g/mol. The first-order chi connectivity index (χ1) is 11.0. The Morgan fingerprint density at radius 2 is 2.00 bits per heavy atom. The number of carbonyl (C=O) groups is 1. The molecule has 1 saturated heterocycles. The smallest absolute Gasteiger partial charge is 0.152 e. The summed E-state index contributed by atoms with van der Waals surface area (Å²) in [5, 5.41) is 9.37. The zero-order valence-electron chi connectivity index (χ0n) is 13.2. The molecule has 0 radical (unpaired) electrons. The second kappa shape index (κ2) is 6.33. The van der Waals surface area contributed by atoms with Crippen LogP contribution in [0.1, 0.15) is 29.2 Å². The van der Waals surface area contributed by atoms with Crippen molar-refractivity contribution < 1.29 is 13.9 Å². The van der Waals surface area contributed by atoms with E-state index in [-0.39, 0.29) is 12.2 Å². The van der Waals surface area contributed by atoms with Crippen LogP contribution in [0.2, 0.25) is 0 Å². The standard InChI is InChI=1S/C16H18FN3O2S/c1-9-6-20(7-10(2)22-9)15-13(8-21)4-12(5-14(15)17)16-19-18-11(3)23-16/h4-5,8-10H,6-7H2,1-3H3. The van der Waals surface area contributed by atoms with Gasteiger partial charge in [-0.1, -0.05) is 11.3 Å². The van der Waals surface area contributed by atoms with Crippen molar-refractivity contribution in [3.63, 3.8) is 0 Å². The van der Waals surface area contributed by atoms with Crippen LogP contribution in [0.5, 0.6) is 0 Å². The van der Waals surface area contributed by atoms with Gasteiger partial charge in [0.15, 0.2) is 6.29 Å². The molecule has 1 aliphatic heterocycles. The molecule has 0 N–H and O–H groups in total. The number of carbonyl (C=O) groups excluding carboxylic acids is 1. The van der Waals surface area contributed by atoms with Gasteiger partial charge in [-0.15, -0.1) is 10.2 Å². The minimum absolute atomic E-state index is 0.0110. The van der Waals surface area contributed by atoms with E-state index in [1.54, 1.807) is 6.07 Å². The van der Waals surface area contributed by atoms with Gasteiger partial charge in [0.1, 0.15) is 15.8 Å². The lowest BCUT2D eigenvalue weighted by molar-refractivity contribution is -0.00543. The van der Waals surface area contributed by atoms with E-state index in [0.717, 1.165) is 5.01 Å². The first-order valence-electron chi connectivity index (χ1n) is 7.47. The predicted molar refractivity (Wildman–Crippen MR) is 87.6 cm³/mol. The number of aldehydes is 1. The summed E-state index contributed by atoms with van der Waals surface area (Å²) in [5.41, 5.74) is 1.24. The molecule has 3 rings (SSSR count). The van der Waals surface area contributed by atoms with Gasteiger partial charge in [0, 0.05) is 24.2 Å². The summed E-state index contributed by atoms with van der Waals surface area (Å²) in [6.45, 7) is 6.83. The number of hydrogen-bond acceptors (Lipinski definition) is 6. The SMILES string of the molecule is Cc1nnc(-c2cc(F)c(N3CC(C)OC(C)C3)c(C=O)c2)s1. The molecule has 0 bridgehead atoms. The maximum atomic E-state index is 14.7. The maximum absolute atomic E-state index is 14.7. The number of benzene rings is 1. The van der Waals surface area contributed by atoms with Gasteiger partial charge < -0.3 is 9.64 Å². The number of aryl methyl sites for hydroxylation is 1. The van der Waals surface area contributed by atoms with Gasteiger partial charge in [0.05, 0.1) is 17.9 Å². The van der Waals surface area contributed by atoms with E-state index in [0.29, 0.717) is 41.2 Å². The molecule has 2 atom stereocenters. The zero-order chi connectivity index (χ0) is 16.6. The molecule has 2 unspecified atom stereocenters. The minimum atomic E-state index is -0.418. The molecule has 1 aliphatic rings. The fraction of sp³-hybridized carbons (Fsp3) is 0.438. The van der Waals surface area contributed by atoms with Gasteiger partial charge in [-0.25, -0.2) is 4.39 Å². The number of morpholine rings is 1. The van der Waals surface area contributed by atoms with Crippen LogP contribution in [0.25, 0.3) is 10.6 Å². The number of nitrogens with zero attached hydrogens (tertiary/aromatic N) is 3. The third kappa shape index (κ3) is 3.25. The van der Waals surface area contributed by atoms with Crippen molar-refractivity contribution in [3.05, 3.63) is 28.5 Å². The van der Waals surface area contributed by atoms with Crippen LogP contribution in [0, 0.1) is 12.7 Å². The summed E-state index contributed by atoms with van der Waals surface area (Å²) in [6.07, 6.45) is 0.673. The molecule has 23 heavy (non-hydrogen) atoms. The monoisotopic (exact) mass is 335 g/mol. The third-order valence-electron chi connectivity index (χ3n) is 3.73. The van der Waals surface area contributed by atoms with Gasteiger partial charge in [-0.3, -0.25) is 4.79 Å². The quantitative estimate of drug-likeness (QED) is 0.807. The maximum Gasteiger partial charge on any atom is 0.152 e. The van der Waals surface area contributed by atoms with Crippen molar-refractivity contribution in [2.75, 3.05) is 18.0 Å². The van der Waals surface area contributed by atoms with E-state index in [4.69, 9.17) is 4.74 Å². The number of anilines is 1. The molecule has 1 aromatic carbocycles. The Morgan fingerprint density at radius 1 is 1.30 bits per heavy atom. The van der Waals surface area contributed by atoms with Crippen LogP contribution in [-0.2, 0) is 4.74 Å². The number of halogens is 1. The van der Waals surface area contributed by atoms with Crippen molar-refractivity contribution in [2.45, 2.75) is 33.0 Å². The van der Waals surface area contributed by atoms with Gasteiger partial charge in [0.25, 0.3) is 0 Å². The molecule has 0 spiro atoms. The average Bonchev–Trinajstić information content (AvgIpc) is 2.91. The molecule has 1 fully saturated rings. The highest BCUT2D eigenvalue weighted by Crippen LogP contribution is 2.32. The topological polar surface area (TPSA) is 55.3 Å². The Labute approximate surface area is 138 Å². The molecule has 0 amide bonds. The van der Waals surface area contributed by atoms with Crippen molar-refractivity contribution >= 4 is 23.3 Å². The summed E-state index contributed by atoms with van der Waals surface area (Å²) in [4.78, 5) is 13.4. The molecule has 0 aliphatic carbocycles. The molecule has 2 heterocycles. The van der Waals surface area contributed by atoms with Crippen molar-refractivity contribution in [3.8, 4) is 10.6 Å². The van der Waals surface area contributed by atoms with E-state index in [1.807, 2.05) is 25.7 Å². The normalized spacial score (nSPS) is 21.5. The molecule has 0 saturated carbocycles. The number of hydrogen-bond donors (Lipinski definition) is 0. The fourth-order valence-corrected chi connectivity index (χ4v) is 3.62. The zero-order valence-corrected chi connectivity index (χ0v) is 14.1. The first-order valence-corrected chi connectivity index (χ1v) is 8.29. The highest BCUT2D eigenvalue weighted by Gasteiger charge is 2.27. The Kier molecular flexibility index (Phi) is 4.41. The van der Waals surface area contributed by atoms with E-state index in [2.05, 4.69) is 10.2 Å². The van der Waals surface area contributed by atoms with Crippen LogP contribution in [0.15, 0.2) is 12.1 Å². The average molecular weight is 335 g/mol. The second-order valence-electron chi connectivity index (χ2n) is 5.80. The summed E-state index contributed by atoms with van der Waals surface area (Å²) >= 11 is 1.37. The first kappa shape index (κ1) is 16.0. The molecular formula is C16H18FN3O2S. The fourth-order valence-electron chi connectivity index (χ4n) is 2.94. The van der Waals surface area contributed by atoms with Crippen LogP contribution in [-0.4, -0.2) is 41.8 Å². The van der Waals surface area contributed by atoms with Crippen LogP contribution >= 0.6 is 11.3 Å². The van der Waals surface area contributed by atoms with Gasteiger partial charge in [-0.2, -0.15) is 0 Å². The largest absolute Gasteiger partial charge is 0.372 e. The highest BCUT2D eigenvalue weighted by atomic mass is 32.1. The minimum Gasteiger partial charge on any atom is -0.372 e. The molecule has 5 nitrogen and oxygen atoms in total. The van der Waals surface area contributed by atoms with Crippen molar-refractivity contribution in [1.29, 1.82) is 0 Å². The summed E-state index contributed by atoms with van der Waals surface area (Å²) in [5.74, 6) is -0.418. The lowest BCUT2D eigenvalue weighted by Gasteiger charge is -2.37. The Hall–Kier alpha value is -1.86. The van der Waals surface area contributed by atoms with E-state index < -0.39 is 5.82 Å². The molecule has 122 valence electrons. The highest BCUT2D eigenvalue weighted by molar-refractivity contribution is 7.14. The Bertz CT molecular complexity index is 724. The van der Waals surface area contributed by atoms with Gasteiger partial charge >= 0.3 is 0 Å². The van der Waals surface area contributed by atoms with E-state index >= 15 is 0 Å². The van der Waals surface area contributed by atoms with E-state index in [1.165, 1.54) is 17.4 Å². The molecule has 7 heteroatoms. The van der Waals surface area contributed by atoms with Crippen LogP contribution in [0.4, 0.5) is 10.1 Å². The predicted octanol–water partition coefficient (Wildman–Crippen LogP) is 3.08. The van der Waals surface area contributed by atoms with Gasteiger partial charge in [0.2, 0.25) is 0 Å². The lowest BCUT2D eigenvalue weighted by atomic mass is 10.1. The summed E-state index contributed by atoms with van der Waals surface area (Å²) < 4.78 is 20.4. The Balaban J connectivity index is 2.02. The number of aromatic nitrogens is 2.